The van der Waals surface area contributed by atoms with Crippen molar-refractivity contribution in [2.75, 3.05) is 26.1 Å². The van der Waals surface area contributed by atoms with Gasteiger partial charge in [0.05, 0.1) is 20.0 Å². The Morgan fingerprint density at radius 2 is 1.78 bits per heavy atom. The third kappa shape index (κ3) is 7.34. The van der Waals surface area contributed by atoms with Crippen LogP contribution < -0.4 is 0 Å². The molecule has 0 N–H and O–H groups in total. The Morgan fingerprint density at radius 1 is 1.22 bits per heavy atom. The lowest BCUT2D eigenvalue weighted by atomic mass is 10.5. The first-order valence-electron chi connectivity index (χ1n) is 4.87. The molecule has 2 unspecified atom stereocenters. The van der Waals surface area contributed by atoms with Gasteiger partial charge < -0.3 is 0 Å². The van der Waals surface area contributed by atoms with Gasteiger partial charge in [-0.3, -0.25) is 4.18 Å². The third-order valence-corrected chi connectivity index (χ3v) is 4.97. The summed E-state index contributed by atoms with van der Waals surface area (Å²) in [5.41, 5.74) is -1.73. The molecular weight excluding hydrogens is 307 g/mol. The van der Waals surface area contributed by atoms with Gasteiger partial charge in [-0.1, -0.05) is 0 Å². The number of hydrogen-bond donors (Lipinski definition) is 0. The normalized spacial score (nSPS) is 15.4. The molecule has 0 aliphatic carbocycles. The maximum atomic E-state index is 11.4. The van der Waals surface area contributed by atoms with Crippen molar-refractivity contribution in [1.82, 2.24) is 0 Å². The van der Waals surface area contributed by atoms with E-state index >= 15 is 0 Å². The predicted octanol–water partition coefficient (Wildman–Crippen LogP) is 0.434. The lowest BCUT2D eigenvalue weighted by Gasteiger charge is -2.12. The Hall–Kier alpha value is -0.120. The highest BCUT2D eigenvalue weighted by Crippen LogP contribution is 2.26. The molecule has 8 nitrogen and oxygen atoms in total. The van der Waals surface area contributed by atoms with Crippen LogP contribution in [0.15, 0.2) is 0 Å². The molecule has 0 spiro atoms. The molecule has 11 heteroatoms. The highest BCUT2D eigenvalue weighted by molar-refractivity contribution is 7.89. The lowest BCUT2D eigenvalue weighted by molar-refractivity contribution is 0.248. The highest BCUT2D eigenvalue weighted by Gasteiger charge is 2.33. The topological polar surface area (TPSA) is 113 Å². The van der Waals surface area contributed by atoms with Crippen LogP contribution in [0.5, 0.6) is 0 Å². The molecule has 0 saturated heterocycles. The van der Waals surface area contributed by atoms with Crippen LogP contribution in [0, 0.1) is 0 Å². The van der Waals surface area contributed by atoms with E-state index in [1.165, 1.54) is 0 Å². The summed E-state index contributed by atoms with van der Waals surface area (Å²) in [6.45, 7) is 1.84. The molecule has 18 heavy (non-hydrogen) atoms. The fourth-order valence-corrected chi connectivity index (χ4v) is 3.92. The van der Waals surface area contributed by atoms with Gasteiger partial charge in [-0.05, 0) is 11.5 Å². The van der Waals surface area contributed by atoms with Crippen molar-refractivity contribution >= 4 is 28.3 Å². The molecule has 0 rings (SSSR count). The van der Waals surface area contributed by atoms with Gasteiger partial charge in [-0.25, -0.2) is 4.18 Å². The summed E-state index contributed by atoms with van der Waals surface area (Å²) < 4.78 is 69.2. The SMILES string of the molecule is CCO[P+](=O)CCC(OS(C)(=O)=O)S(=O)(=O)OC. The molecule has 0 saturated carbocycles. The standard InChI is InChI=1S/C7H16O8PS2/c1-4-14-16(8)6-5-7(15-17(3,9)10)18(11,12)13-2/h7H,4-6H2,1-3H3/q+1. The molecule has 0 aliphatic rings. The minimum absolute atomic E-state index is 0.147. The Labute approximate surface area is 108 Å². The average molecular weight is 323 g/mol. The Balaban J connectivity index is 4.75. The van der Waals surface area contributed by atoms with Crippen molar-refractivity contribution in [3.63, 3.8) is 0 Å². The molecule has 0 aliphatic heterocycles. The van der Waals surface area contributed by atoms with E-state index in [9.17, 15) is 21.4 Å². The number of hydrogen-bond acceptors (Lipinski definition) is 8. The molecular formula is C7H16O8PS2+. The van der Waals surface area contributed by atoms with Crippen LogP contribution in [0.1, 0.15) is 13.3 Å². The molecule has 0 radical (unpaired) electrons. The quantitative estimate of drug-likeness (QED) is 0.443. The lowest BCUT2D eigenvalue weighted by Crippen LogP contribution is -2.28. The largest absolute Gasteiger partial charge is 0.508 e. The zero-order valence-corrected chi connectivity index (χ0v) is 12.8. The van der Waals surface area contributed by atoms with E-state index < -0.39 is 33.7 Å². The van der Waals surface area contributed by atoms with Crippen molar-refractivity contribution in [1.29, 1.82) is 0 Å². The van der Waals surface area contributed by atoms with Gasteiger partial charge in [0.1, 0.15) is 0 Å². The van der Waals surface area contributed by atoms with Gasteiger partial charge in [0.15, 0.2) is 6.16 Å². The minimum atomic E-state index is -4.19. The second-order valence-electron chi connectivity index (χ2n) is 3.15. The fourth-order valence-electron chi connectivity index (χ4n) is 0.962. The van der Waals surface area contributed by atoms with E-state index in [4.69, 9.17) is 4.52 Å². The van der Waals surface area contributed by atoms with Crippen molar-refractivity contribution in [2.45, 2.75) is 18.8 Å². The summed E-state index contributed by atoms with van der Waals surface area (Å²) in [4.78, 5) is 0. The second-order valence-corrected chi connectivity index (χ2v) is 7.97. The molecule has 108 valence electrons. The first-order valence-corrected chi connectivity index (χ1v) is 9.52. The predicted molar refractivity (Wildman–Crippen MR) is 64.4 cm³/mol. The Kier molecular flexibility index (Phi) is 7.41. The maximum absolute atomic E-state index is 11.4. The second kappa shape index (κ2) is 7.46. The average Bonchev–Trinajstić information content (AvgIpc) is 2.23. The van der Waals surface area contributed by atoms with Gasteiger partial charge in [0.2, 0.25) is 5.44 Å². The zero-order chi connectivity index (χ0) is 14.4. The van der Waals surface area contributed by atoms with Crippen LogP contribution in [0.2, 0.25) is 0 Å². The van der Waals surface area contributed by atoms with Crippen molar-refractivity contribution in [3.05, 3.63) is 0 Å². The monoisotopic (exact) mass is 323 g/mol. The molecule has 0 aromatic rings. The minimum Gasteiger partial charge on any atom is -0.271 e. The van der Waals surface area contributed by atoms with Gasteiger partial charge in [0.25, 0.3) is 20.2 Å². The molecule has 0 aromatic carbocycles. The maximum Gasteiger partial charge on any atom is 0.508 e. The van der Waals surface area contributed by atoms with Crippen LogP contribution in [0.3, 0.4) is 0 Å². The molecule has 0 aromatic heterocycles. The summed E-state index contributed by atoms with van der Waals surface area (Å²) in [6.07, 6.45) is 0.262. The van der Waals surface area contributed by atoms with Gasteiger partial charge in [0, 0.05) is 6.42 Å². The first-order chi connectivity index (χ1) is 8.12. The molecule has 0 fully saturated rings. The van der Waals surface area contributed by atoms with E-state index in [2.05, 4.69) is 8.37 Å². The summed E-state index contributed by atoms with van der Waals surface area (Å²) in [5, 5.41) is 0. The van der Waals surface area contributed by atoms with Crippen molar-refractivity contribution in [2.24, 2.45) is 0 Å². The highest BCUT2D eigenvalue weighted by atomic mass is 32.2. The van der Waals surface area contributed by atoms with E-state index in [-0.39, 0.29) is 19.2 Å². The smallest absolute Gasteiger partial charge is 0.271 e. The van der Waals surface area contributed by atoms with Crippen LogP contribution in [-0.4, -0.2) is 48.4 Å². The van der Waals surface area contributed by atoms with E-state index in [0.717, 1.165) is 7.11 Å². The van der Waals surface area contributed by atoms with E-state index in [0.29, 0.717) is 6.26 Å². The summed E-state index contributed by atoms with van der Waals surface area (Å²) in [5.74, 6) is 0. The third-order valence-electron chi connectivity index (χ3n) is 1.66. The van der Waals surface area contributed by atoms with E-state index in [1.807, 2.05) is 0 Å². The van der Waals surface area contributed by atoms with Crippen LogP contribution in [0.4, 0.5) is 0 Å². The van der Waals surface area contributed by atoms with Crippen LogP contribution >= 0.6 is 8.03 Å². The van der Waals surface area contributed by atoms with E-state index in [1.54, 1.807) is 6.92 Å². The summed E-state index contributed by atoms with van der Waals surface area (Å²) >= 11 is 0. The number of rotatable bonds is 9. The Morgan fingerprint density at radius 3 is 2.17 bits per heavy atom. The molecule has 0 heterocycles. The van der Waals surface area contributed by atoms with Gasteiger partial charge in [-0.15, -0.1) is 4.52 Å². The Bertz CT molecular complexity index is 468. The van der Waals surface area contributed by atoms with Gasteiger partial charge in [-0.2, -0.15) is 16.8 Å². The first kappa shape index (κ1) is 17.9. The molecule has 0 bridgehead atoms. The molecule has 0 amide bonds. The van der Waals surface area contributed by atoms with Crippen LogP contribution in [0.25, 0.3) is 0 Å². The van der Waals surface area contributed by atoms with Crippen molar-refractivity contribution < 1.29 is 34.3 Å². The summed E-state index contributed by atoms with van der Waals surface area (Å²) in [6, 6.07) is 0. The molecule has 2 atom stereocenters. The van der Waals surface area contributed by atoms with Gasteiger partial charge >= 0.3 is 8.03 Å². The fraction of sp³-hybridized carbons (Fsp3) is 1.00. The zero-order valence-electron chi connectivity index (χ0n) is 10.2. The summed E-state index contributed by atoms with van der Waals surface area (Å²) in [7, 11) is -9.33. The van der Waals surface area contributed by atoms with Crippen molar-refractivity contribution in [3.8, 4) is 0 Å². The van der Waals surface area contributed by atoms with Crippen LogP contribution in [-0.2, 0) is 37.7 Å².